The van der Waals surface area contributed by atoms with Gasteiger partial charge in [0.15, 0.2) is 5.78 Å². The van der Waals surface area contributed by atoms with E-state index in [1.807, 2.05) is 36.4 Å². The van der Waals surface area contributed by atoms with Crippen molar-refractivity contribution in [2.45, 2.75) is 5.78 Å². The highest BCUT2D eigenvalue weighted by Crippen LogP contribution is 2.52. The third kappa shape index (κ3) is 3.57. The van der Waals surface area contributed by atoms with E-state index in [0.29, 0.717) is 16.3 Å². The van der Waals surface area contributed by atoms with Crippen LogP contribution in [0.5, 0.6) is 0 Å². The Balaban J connectivity index is 2.05. The molecule has 118 valence electrons. The Kier molecular flexibility index (Phi) is 4.42. The molecule has 6 heteroatoms. The second kappa shape index (κ2) is 6.34. The molecule has 1 atom stereocenters. The zero-order chi connectivity index (χ0) is 16.4. The zero-order valence-corrected chi connectivity index (χ0v) is 13.7. The minimum absolute atomic E-state index is 0.482. The van der Waals surface area contributed by atoms with Crippen molar-refractivity contribution in [1.82, 2.24) is 0 Å². The molecule has 0 aliphatic carbocycles. The van der Waals surface area contributed by atoms with Crippen LogP contribution in [0.25, 0.3) is 10.8 Å². The Morgan fingerprint density at radius 1 is 0.913 bits per heavy atom. The van der Waals surface area contributed by atoms with Crippen LogP contribution in [0, 0.1) is 0 Å². The molecule has 4 nitrogen and oxygen atoms in total. The maximum absolute atomic E-state index is 12.0. The summed E-state index contributed by atoms with van der Waals surface area (Å²) in [4.78, 5) is 19.5. The van der Waals surface area contributed by atoms with Gasteiger partial charge in [-0.1, -0.05) is 60.1 Å². The quantitative estimate of drug-likeness (QED) is 0.594. The predicted molar refractivity (Wildman–Crippen MR) is 93.8 cm³/mol. The van der Waals surface area contributed by atoms with Crippen molar-refractivity contribution in [1.29, 1.82) is 0 Å². The van der Waals surface area contributed by atoms with Gasteiger partial charge in [-0.15, -0.1) is 0 Å². The minimum Gasteiger partial charge on any atom is -0.367 e. The Morgan fingerprint density at radius 3 is 2.26 bits per heavy atom. The van der Waals surface area contributed by atoms with Gasteiger partial charge in [0.1, 0.15) is 0 Å². The van der Waals surface area contributed by atoms with Crippen molar-refractivity contribution < 1.29 is 14.4 Å². The summed E-state index contributed by atoms with van der Waals surface area (Å²) in [5.74, 6) is -1.13. The fraction of sp³-hybridized carbons (Fsp3) is 0.0588. The first-order valence-corrected chi connectivity index (χ1v) is 9.06. The fourth-order valence-corrected chi connectivity index (χ4v) is 3.50. The average molecular weight is 348 g/mol. The summed E-state index contributed by atoms with van der Waals surface area (Å²) in [6, 6.07) is 19.8. The molecule has 0 heterocycles. The molecule has 0 aliphatic heterocycles. The van der Waals surface area contributed by atoms with Crippen LogP contribution in [-0.2, 0) is 4.57 Å². The molecular weight excluding hydrogens is 333 g/mol. The van der Waals surface area contributed by atoms with Crippen LogP contribution in [-0.4, -0.2) is 9.79 Å². The third-order valence-electron chi connectivity index (χ3n) is 3.60. The van der Waals surface area contributed by atoms with Gasteiger partial charge < -0.3 is 15.1 Å². The van der Waals surface area contributed by atoms with Crippen molar-refractivity contribution >= 4 is 35.7 Å². The van der Waals surface area contributed by atoms with Gasteiger partial charge in [0.2, 0.25) is 0 Å². The maximum atomic E-state index is 12.0. The Bertz CT molecular complexity index is 871. The zero-order valence-electron chi connectivity index (χ0n) is 12.1. The number of hydrogen-bond acceptors (Lipinski definition) is 2. The van der Waals surface area contributed by atoms with Crippen LogP contribution >= 0.6 is 19.2 Å². The molecule has 0 saturated heterocycles. The van der Waals surface area contributed by atoms with Crippen molar-refractivity contribution in [3.05, 3.63) is 77.3 Å². The third-order valence-corrected chi connectivity index (χ3v) is 4.96. The van der Waals surface area contributed by atoms with Crippen LogP contribution in [0.15, 0.2) is 66.7 Å². The molecule has 0 aliphatic rings. The molecular formula is C17H15ClNO3P. The fourth-order valence-electron chi connectivity index (χ4n) is 2.51. The van der Waals surface area contributed by atoms with Gasteiger partial charge in [-0.05, 0) is 29.1 Å². The number of anilines is 1. The lowest BCUT2D eigenvalue weighted by Crippen LogP contribution is -2.11. The summed E-state index contributed by atoms with van der Waals surface area (Å²) in [6.45, 7) is 0. The number of hydrogen-bond donors (Lipinski definition) is 3. The molecule has 3 aromatic rings. The molecule has 0 aromatic heterocycles. The lowest BCUT2D eigenvalue weighted by molar-refractivity contribution is 0.363. The maximum Gasteiger partial charge on any atom is 0.352 e. The Labute approximate surface area is 138 Å². The van der Waals surface area contributed by atoms with Gasteiger partial charge in [-0.25, -0.2) is 0 Å². The van der Waals surface area contributed by atoms with Crippen molar-refractivity contribution in [2.75, 3.05) is 5.32 Å². The first kappa shape index (κ1) is 16.0. The van der Waals surface area contributed by atoms with Gasteiger partial charge in [0, 0.05) is 16.1 Å². The van der Waals surface area contributed by atoms with Crippen LogP contribution in [0.1, 0.15) is 11.3 Å². The van der Waals surface area contributed by atoms with Gasteiger partial charge >= 0.3 is 7.60 Å². The standard InChI is InChI=1S/C17H15ClNO3P/c18-14-10-8-13(9-11-14)17(23(20,21)22)19-16-7-3-5-12-4-1-2-6-15(12)16/h1-11,17,19H,(H2,20,21,22). The van der Waals surface area contributed by atoms with E-state index in [2.05, 4.69) is 5.32 Å². The second-order valence-corrected chi connectivity index (χ2v) is 7.35. The summed E-state index contributed by atoms with van der Waals surface area (Å²) in [5, 5.41) is 5.41. The van der Waals surface area contributed by atoms with E-state index in [-0.39, 0.29) is 0 Å². The van der Waals surface area contributed by atoms with Gasteiger partial charge in [-0.3, -0.25) is 4.57 Å². The average Bonchev–Trinajstić information content (AvgIpc) is 2.53. The smallest absolute Gasteiger partial charge is 0.352 e. The van der Waals surface area contributed by atoms with Crippen LogP contribution in [0.4, 0.5) is 5.69 Å². The van der Waals surface area contributed by atoms with Crippen molar-refractivity contribution in [2.24, 2.45) is 0 Å². The number of nitrogens with one attached hydrogen (secondary N) is 1. The monoisotopic (exact) mass is 347 g/mol. The van der Waals surface area contributed by atoms with E-state index < -0.39 is 13.4 Å². The molecule has 0 bridgehead atoms. The second-order valence-electron chi connectivity index (χ2n) is 5.21. The van der Waals surface area contributed by atoms with Gasteiger partial charge in [0.25, 0.3) is 0 Å². The molecule has 23 heavy (non-hydrogen) atoms. The summed E-state index contributed by atoms with van der Waals surface area (Å²) in [6.07, 6.45) is 0. The molecule has 3 N–H and O–H groups in total. The molecule has 3 rings (SSSR count). The number of rotatable bonds is 4. The highest BCUT2D eigenvalue weighted by atomic mass is 35.5. The predicted octanol–water partition coefficient (Wildman–Crippen LogP) is 4.78. The molecule has 3 aromatic carbocycles. The first-order chi connectivity index (χ1) is 10.9. The van der Waals surface area contributed by atoms with Crippen molar-refractivity contribution in [3.63, 3.8) is 0 Å². The highest BCUT2D eigenvalue weighted by Gasteiger charge is 2.30. The van der Waals surface area contributed by atoms with Crippen LogP contribution in [0.3, 0.4) is 0 Å². The highest BCUT2D eigenvalue weighted by molar-refractivity contribution is 7.52. The molecule has 0 spiro atoms. The Morgan fingerprint density at radius 2 is 1.57 bits per heavy atom. The summed E-state index contributed by atoms with van der Waals surface area (Å²) < 4.78 is 12.0. The number of benzene rings is 3. The van der Waals surface area contributed by atoms with E-state index in [1.54, 1.807) is 30.3 Å². The first-order valence-electron chi connectivity index (χ1n) is 7.00. The molecule has 0 saturated carbocycles. The minimum atomic E-state index is -4.41. The van der Waals surface area contributed by atoms with E-state index in [0.717, 1.165) is 10.8 Å². The largest absolute Gasteiger partial charge is 0.367 e. The summed E-state index contributed by atoms with van der Waals surface area (Å²) >= 11 is 5.85. The molecule has 0 radical (unpaired) electrons. The van der Waals surface area contributed by atoms with Gasteiger partial charge in [0.05, 0.1) is 0 Å². The van der Waals surface area contributed by atoms with E-state index in [4.69, 9.17) is 11.6 Å². The number of fused-ring (bicyclic) bond motifs is 1. The summed E-state index contributed by atoms with van der Waals surface area (Å²) in [7, 11) is -4.41. The van der Waals surface area contributed by atoms with Crippen LogP contribution < -0.4 is 5.32 Å². The van der Waals surface area contributed by atoms with Crippen LogP contribution in [0.2, 0.25) is 5.02 Å². The topological polar surface area (TPSA) is 69.6 Å². The normalized spacial score (nSPS) is 13.0. The van der Waals surface area contributed by atoms with Gasteiger partial charge in [-0.2, -0.15) is 0 Å². The lowest BCUT2D eigenvalue weighted by Gasteiger charge is -2.22. The number of halogens is 1. The van der Waals surface area contributed by atoms with E-state index in [1.165, 1.54) is 0 Å². The van der Waals surface area contributed by atoms with Crippen molar-refractivity contribution in [3.8, 4) is 0 Å². The molecule has 0 amide bonds. The lowest BCUT2D eigenvalue weighted by atomic mass is 10.1. The Hall–Kier alpha value is -1.84. The van der Waals surface area contributed by atoms with E-state index in [9.17, 15) is 14.4 Å². The summed E-state index contributed by atoms with van der Waals surface area (Å²) in [5.41, 5.74) is 1.15. The van der Waals surface area contributed by atoms with E-state index >= 15 is 0 Å². The molecule has 1 unspecified atom stereocenters. The SMILES string of the molecule is O=P(O)(O)C(Nc1cccc2ccccc12)c1ccc(Cl)cc1. The molecule has 0 fully saturated rings.